The molecular formula is C14H15F2N3. The summed E-state index contributed by atoms with van der Waals surface area (Å²) in [6.07, 6.45) is 0. The number of nitrogens with zero attached hydrogens (tertiary/aromatic N) is 2. The summed E-state index contributed by atoms with van der Waals surface area (Å²) in [5.74, 6) is -1.90. The van der Waals surface area contributed by atoms with E-state index in [0.29, 0.717) is 0 Å². The first-order chi connectivity index (χ1) is 8.90. The molecule has 0 aliphatic carbocycles. The van der Waals surface area contributed by atoms with Crippen molar-refractivity contribution < 1.29 is 8.78 Å². The van der Waals surface area contributed by atoms with Crippen molar-refractivity contribution in [3.8, 4) is 0 Å². The van der Waals surface area contributed by atoms with Gasteiger partial charge in [-0.1, -0.05) is 17.7 Å². The minimum Gasteiger partial charge on any atom is -0.381 e. The highest BCUT2D eigenvalue weighted by atomic mass is 19.1. The van der Waals surface area contributed by atoms with Crippen LogP contribution in [0.2, 0.25) is 0 Å². The first-order valence-electron chi connectivity index (χ1n) is 5.82. The Labute approximate surface area is 110 Å². The highest BCUT2D eigenvalue weighted by Gasteiger charge is 2.16. The van der Waals surface area contributed by atoms with E-state index in [9.17, 15) is 8.78 Å². The minimum absolute atomic E-state index is 0.00542. The lowest BCUT2D eigenvalue weighted by atomic mass is 10.1. The number of aryl methyl sites for hydroxylation is 2. The number of halogens is 2. The summed E-state index contributed by atoms with van der Waals surface area (Å²) in [6, 6.07) is 6.52. The molecular weight excluding hydrogens is 248 g/mol. The molecule has 0 aliphatic heterocycles. The van der Waals surface area contributed by atoms with Crippen LogP contribution in [0.1, 0.15) is 11.1 Å². The smallest absolute Gasteiger partial charge is 0.171 e. The molecule has 0 saturated heterocycles. The third-order valence-corrected chi connectivity index (χ3v) is 2.97. The number of aromatic nitrogens is 1. The van der Waals surface area contributed by atoms with E-state index in [-0.39, 0.29) is 11.6 Å². The molecule has 0 radical (unpaired) electrons. The maximum absolute atomic E-state index is 13.8. The van der Waals surface area contributed by atoms with E-state index in [2.05, 4.69) is 4.98 Å². The molecule has 0 atom stereocenters. The molecule has 1 heterocycles. The van der Waals surface area contributed by atoms with Gasteiger partial charge < -0.3 is 10.6 Å². The molecule has 0 aliphatic rings. The van der Waals surface area contributed by atoms with Crippen molar-refractivity contribution >= 4 is 17.3 Å². The molecule has 0 fully saturated rings. The van der Waals surface area contributed by atoms with E-state index in [1.165, 1.54) is 0 Å². The van der Waals surface area contributed by atoms with Crippen molar-refractivity contribution in [1.29, 1.82) is 0 Å². The second-order valence-corrected chi connectivity index (χ2v) is 4.51. The van der Waals surface area contributed by atoms with Crippen LogP contribution in [-0.2, 0) is 0 Å². The fraction of sp³-hybridized carbons (Fsp3) is 0.214. The monoisotopic (exact) mass is 263 g/mol. The zero-order chi connectivity index (χ0) is 14.2. The van der Waals surface area contributed by atoms with Gasteiger partial charge in [0.2, 0.25) is 0 Å². The van der Waals surface area contributed by atoms with E-state index < -0.39 is 11.6 Å². The van der Waals surface area contributed by atoms with Crippen molar-refractivity contribution in [3.63, 3.8) is 0 Å². The Kier molecular flexibility index (Phi) is 3.38. The fourth-order valence-corrected chi connectivity index (χ4v) is 2.00. The van der Waals surface area contributed by atoms with Crippen molar-refractivity contribution in [2.75, 3.05) is 17.7 Å². The van der Waals surface area contributed by atoms with Crippen LogP contribution >= 0.6 is 0 Å². The molecule has 2 N–H and O–H groups in total. The Morgan fingerprint density at radius 2 is 1.79 bits per heavy atom. The van der Waals surface area contributed by atoms with Gasteiger partial charge in [0.1, 0.15) is 0 Å². The summed E-state index contributed by atoms with van der Waals surface area (Å²) in [5.41, 5.74) is 8.27. The van der Waals surface area contributed by atoms with Gasteiger partial charge in [0.25, 0.3) is 0 Å². The third kappa shape index (κ3) is 2.50. The van der Waals surface area contributed by atoms with Gasteiger partial charge in [-0.25, -0.2) is 13.8 Å². The van der Waals surface area contributed by atoms with Gasteiger partial charge >= 0.3 is 0 Å². The van der Waals surface area contributed by atoms with Gasteiger partial charge in [-0.15, -0.1) is 0 Å². The number of nitrogen functional groups attached to an aromatic ring is 1. The highest BCUT2D eigenvalue weighted by Crippen LogP contribution is 2.29. The Balaban J connectivity index is 2.49. The van der Waals surface area contributed by atoms with Crippen LogP contribution in [0.5, 0.6) is 0 Å². The predicted octanol–water partition coefficient (Wildman–Crippen LogP) is 3.33. The second kappa shape index (κ2) is 4.84. The zero-order valence-corrected chi connectivity index (χ0v) is 11.0. The average molecular weight is 263 g/mol. The summed E-state index contributed by atoms with van der Waals surface area (Å²) in [7, 11) is 1.67. The van der Waals surface area contributed by atoms with Crippen LogP contribution in [0.4, 0.5) is 26.1 Å². The largest absolute Gasteiger partial charge is 0.381 e. The average Bonchev–Trinajstić information content (AvgIpc) is 2.33. The number of pyridine rings is 1. The quantitative estimate of drug-likeness (QED) is 0.903. The maximum atomic E-state index is 13.8. The minimum atomic E-state index is -0.852. The van der Waals surface area contributed by atoms with Crippen LogP contribution in [0, 0.1) is 25.5 Å². The van der Waals surface area contributed by atoms with Crippen molar-refractivity contribution in [1.82, 2.24) is 4.98 Å². The summed E-state index contributed by atoms with van der Waals surface area (Å²) in [5, 5.41) is 0. The van der Waals surface area contributed by atoms with Crippen molar-refractivity contribution in [3.05, 3.63) is 47.0 Å². The van der Waals surface area contributed by atoms with Gasteiger partial charge in [-0.05, 0) is 25.5 Å². The Morgan fingerprint density at radius 1 is 1.11 bits per heavy atom. The van der Waals surface area contributed by atoms with Gasteiger partial charge in [-0.3, -0.25) is 0 Å². The third-order valence-electron chi connectivity index (χ3n) is 2.97. The lowest BCUT2D eigenvalue weighted by molar-refractivity contribution is 0.577. The first-order valence-corrected chi connectivity index (χ1v) is 5.82. The summed E-state index contributed by atoms with van der Waals surface area (Å²) < 4.78 is 26.9. The number of benzene rings is 1. The normalized spacial score (nSPS) is 10.6. The molecule has 5 heteroatoms. The summed E-state index contributed by atoms with van der Waals surface area (Å²) in [4.78, 5) is 5.32. The molecule has 2 rings (SSSR count). The van der Waals surface area contributed by atoms with Gasteiger partial charge in [0.15, 0.2) is 23.3 Å². The molecule has 100 valence electrons. The molecule has 0 unspecified atom stereocenters. The topological polar surface area (TPSA) is 42.2 Å². The summed E-state index contributed by atoms with van der Waals surface area (Å²) >= 11 is 0. The molecule has 1 aromatic heterocycles. The van der Waals surface area contributed by atoms with E-state index in [1.807, 2.05) is 32.0 Å². The van der Waals surface area contributed by atoms with Crippen LogP contribution in [0.25, 0.3) is 0 Å². The maximum Gasteiger partial charge on any atom is 0.171 e. The number of hydrogen-bond donors (Lipinski definition) is 1. The molecule has 2 aromatic rings. The number of hydrogen-bond acceptors (Lipinski definition) is 3. The van der Waals surface area contributed by atoms with Crippen LogP contribution in [0.3, 0.4) is 0 Å². The van der Waals surface area contributed by atoms with Crippen molar-refractivity contribution in [2.24, 2.45) is 0 Å². The fourth-order valence-electron chi connectivity index (χ4n) is 2.00. The predicted molar refractivity (Wildman–Crippen MR) is 72.5 cm³/mol. The Hall–Kier alpha value is -2.17. The second-order valence-electron chi connectivity index (χ2n) is 4.51. The molecule has 3 nitrogen and oxygen atoms in total. The highest BCUT2D eigenvalue weighted by molar-refractivity contribution is 5.64. The van der Waals surface area contributed by atoms with Crippen LogP contribution < -0.4 is 10.6 Å². The van der Waals surface area contributed by atoms with E-state index in [4.69, 9.17) is 5.73 Å². The standard InChI is InChI=1S/C14H15F2N3/c1-8-4-5-12(9(2)6-8)19(3)14-11(16)7-10(15)13(17)18-14/h4-7H,1-3H3,(H2,17,18). The summed E-state index contributed by atoms with van der Waals surface area (Å²) in [6.45, 7) is 3.90. The number of nitrogens with two attached hydrogens (primary N) is 1. The van der Waals surface area contributed by atoms with E-state index in [1.54, 1.807) is 11.9 Å². The van der Waals surface area contributed by atoms with Crippen molar-refractivity contribution in [2.45, 2.75) is 13.8 Å². The Bertz CT molecular complexity index is 626. The van der Waals surface area contributed by atoms with E-state index in [0.717, 1.165) is 22.9 Å². The van der Waals surface area contributed by atoms with Crippen LogP contribution in [0.15, 0.2) is 24.3 Å². The lowest BCUT2D eigenvalue weighted by Crippen LogP contribution is -2.15. The number of anilines is 3. The molecule has 19 heavy (non-hydrogen) atoms. The zero-order valence-electron chi connectivity index (χ0n) is 11.0. The first kappa shape index (κ1) is 13.3. The lowest BCUT2D eigenvalue weighted by Gasteiger charge is -2.21. The van der Waals surface area contributed by atoms with E-state index >= 15 is 0 Å². The van der Waals surface area contributed by atoms with Gasteiger partial charge in [0.05, 0.1) is 0 Å². The van der Waals surface area contributed by atoms with Gasteiger partial charge in [0, 0.05) is 18.8 Å². The van der Waals surface area contributed by atoms with Crippen LogP contribution in [-0.4, -0.2) is 12.0 Å². The number of rotatable bonds is 2. The molecule has 0 bridgehead atoms. The molecule has 1 aromatic carbocycles. The SMILES string of the molecule is Cc1ccc(N(C)c2nc(N)c(F)cc2F)c(C)c1. The molecule has 0 saturated carbocycles. The van der Waals surface area contributed by atoms with Gasteiger partial charge in [-0.2, -0.15) is 0 Å². The molecule has 0 amide bonds. The molecule has 0 spiro atoms. The Morgan fingerprint density at radius 3 is 2.42 bits per heavy atom.